The third-order valence-electron chi connectivity index (χ3n) is 4.33. The van der Waals surface area contributed by atoms with Crippen LogP contribution in [0.1, 0.15) is 10.4 Å². The van der Waals surface area contributed by atoms with Gasteiger partial charge in [-0.1, -0.05) is 11.3 Å². The second-order valence-electron chi connectivity index (χ2n) is 6.18. The topological polar surface area (TPSA) is 49.3 Å². The molecule has 0 radical (unpaired) electrons. The summed E-state index contributed by atoms with van der Waals surface area (Å²) >= 11 is 1.34. The molecule has 5 nitrogen and oxygen atoms in total. The van der Waals surface area contributed by atoms with E-state index in [1.807, 2.05) is 12.1 Å². The fourth-order valence-electron chi connectivity index (χ4n) is 2.98. The van der Waals surface area contributed by atoms with E-state index in [2.05, 4.69) is 14.9 Å². The van der Waals surface area contributed by atoms with E-state index >= 15 is 0 Å². The molecule has 4 rings (SSSR count). The highest BCUT2D eigenvalue weighted by atomic mass is 32.2. The van der Waals surface area contributed by atoms with Crippen LogP contribution in [0.4, 0.5) is 18.3 Å². The number of benzene rings is 1. The van der Waals surface area contributed by atoms with Crippen molar-refractivity contribution in [2.75, 3.05) is 31.1 Å². The number of pyridine rings is 1. The number of amides is 1. The highest BCUT2D eigenvalue weighted by Crippen LogP contribution is 2.36. The second kappa shape index (κ2) is 7.59. The first-order valence-corrected chi connectivity index (χ1v) is 10.1. The van der Waals surface area contributed by atoms with Crippen molar-refractivity contribution in [3.8, 4) is 0 Å². The maximum atomic E-state index is 12.6. The molecule has 28 heavy (non-hydrogen) atoms. The molecule has 0 spiro atoms. The van der Waals surface area contributed by atoms with Gasteiger partial charge < -0.3 is 9.80 Å². The minimum absolute atomic E-state index is 0.0679. The lowest BCUT2D eigenvalue weighted by atomic mass is 10.2. The Hall–Kier alpha value is -2.33. The Labute approximate surface area is 167 Å². The van der Waals surface area contributed by atoms with Crippen LogP contribution in [0.15, 0.2) is 47.5 Å². The maximum Gasteiger partial charge on any atom is 0.446 e. The molecule has 1 saturated heterocycles. The molecule has 1 aromatic carbocycles. The molecule has 0 N–H and O–H groups in total. The van der Waals surface area contributed by atoms with Crippen molar-refractivity contribution in [1.82, 2.24) is 14.9 Å². The van der Waals surface area contributed by atoms with Gasteiger partial charge in [0.1, 0.15) is 10.3 Å². The zero-order valence-electron chi connectivity index (χ0n) is 14.5. The second-order valence-corrected chi connectivity index (χ2v) is 8.27. The van der Waals surface area contributed by atoms with Crippen LogP contribution < -0.4 is 4.90 Å². The molecule has 0 bridgehead atoms. The van der Waals surface area contributed by atoms with E-state index in [1.165, 1.54) is 35.6 Å². The van der Waals surface area contributed by atoms with E-state index in [-0.39, 0.29) is 22.6 Å². The fraction of sp³-hybridized carbons (Fsp3) is 0.278. The van der Waals surface area contributed by atoms with Crippen molar-refractivity contribution in [3.05, 3.63) is 48.2 Å². The maximum absolute atomic E-state index is 12.6. The smallest absolute Gasteiger partial charge is 0.344 e. The zero-order chi connectivity index (χ0) is 19.7. The van der Waals surface area contributed by atoms with Crippen LogP contribution >= 0.6 is 23.1 Å². The van der Waals surface area contributed by atoms with Crippen molar-refractivity contribution in [2.24, 2.45) is 0 Å². The van der Waals surface area contributed by atoms with Gasteiger partial charge in [-0.25, -0.2) is 9.97 Å². The van der Waals surface area contributed by atoms with Gasteiger partial charge in [0.15, 0.2) is 5.13 Å². The van der Waals surface area contributed by atoms with E-state index in [4.69, 9.17) is 0 Å². The van der Waals surface area contributed by atoms with Crippen LogP contribution in [0, 0.1) is 0 Å². The Morgan fingerprint density at radius 2 is 1.79 bits per heavy atom. The Balaban J connectivity index is 1.38. The number of aromatic nitrogens is 2. The molecule has 3 heterocycles. The van der Waals surface area contributed by atoms with Gasteiger partial charge in [-0.05, 0) is 48.2 Å². The van der Waals surface area contributed by atoms with E-state index in [9.17, 15) is 18.0 Å². The number of nitrogens with zero attached hydrogens (tertiary/aromatic N) is 4. The van der Waals surface area contributed by atoms with E-state index in [1.54, 1.807) is 11.1 Å². The molecule has 0 saturated carbocycles. The molecule has 3 aromatic rings. The summed E-state index contributed by atoms with van der Waals surface area (Å²) in [6.07, 6.45) is 1.74. The monoisotopic (exact) mass is 424 g/mol. The third kappa shape index (κ3) is 4.22. The quantitative estimate of drug-likeness (QED) is 0.588. The number of piperazine rings is 1. The van der Waals surface area contributed by atoms with Crippen molar-refractivity contribution < 1.29 is 18.0 Å². The number of carbonyl (C=O) groups excluding carboxylic acids is 1. The van der Waals surface area contributed by atoms with Crippen LogP contribution in [0.2, 0.25) is 0 Å². The number of fused-ring (bicyclic) bond motifs is 1. The summed E-state index contributed by atoms with van der Waals surface area (Å²) in [5.74, 6) is -0.172. The number of thioether (sulfide) groups is 1. The molecule has 2 aromatic heterocycles. The summed E-state index contributed by atoms with van der Waals surface area (Å²) in [4.78, 5) is 26.3. The molecule has 0 aliphatic carbocycles. The van der Waals surface area contributed by atoms with E-state index < -0.39 is 5.51 Å². The van der Waals surface area contributed by atoms with Crippen molar-refractivity contribution >= 4 is 44.5 Å². The van der Waals surface area contributed by atoms with Crippen LogP contribution in [-0.4, -0.2) is 52.5 Å². The molecule has 1 aliphatic heterocycles. The molecule has 0 unspecified atom stereocenters. The van der Waals surface area contributed by atoms with Crippen molar-refractivity contribution in [3.63, 3.8) is 0 Å². The highest BCUT2D eigenvalue weighted by Gasteiger charge is 2.29. The number of carbonyl (C=O) groups is 1. The third-order valence-corrected chi connectivity index (χ3v) is 6.11. The molecule has 10 heteroatoms. The van der Waals surface area contributed by atoms with Gasteiger partial charge in [0, 0.05) is 42.8 Å². The fourth-order valence-corrected chi connectivity index (χ4v) is 4.48. The first kappa shape index (κ1) is 19.0. The first-order valence-electron chi connectivity index (χ1n) is 8.51. The molecular formula is C18H15F3N4OS2. The number of alkyl halides is 3. The SMILES string of the molecule is O=C(c1ccc(SC(F)(F)F)cc1)N1CCN(c2nc3cccnc3s2)CC1. The number of hydrogen-bond donors (Lipinski definition) is 0. The largest absolute Gasteiger partial charge is 0.446 e. The normalized spacial score (nSPS) is 15.2. The number of thiazole rings is 1. The lowest BCUT2D eigenvalue weighted by molar-refractivity contribution is -0.0328. The Kier molecular flexibility index (Phi) is 5.15. The summed E-state index contributed by atoms with van der Waals surface area (Å²) in [6, 6.07) is 9.32. The summed E-state index contributed by atoms with van der Waals surface area (Å²) < 4.78 is 37.2. The Bertz CT molecular complexity index is 949. The molecule has 1 fully saturated rings. The van der Waals surface area contributed by atoms with Crippen LogP contribution in [-0.2, 0) is 0 Å². The summed E-state index contributed by atoms with van der Waals surface area (Å²) in [5, 5.41) is 0.884. The standard InChI is InChI=1S/C18H15F3N4OS2/c19-18(20,21)28-13-5-3-12(4-6-13)16(26)24-8-10-25(11-9-24)17-23-14-2-1-7-22-15(14)27-17/h1-7H,8-11H2. The van der Waals surface area contributed by atoms with Crippen LogP contribution in [0.5, 0.6) is 0 Å². The van der Waals surface area contributed by atoms with Gasteiger partial charge in [0.2, 0.25) is 0 Å². The van der Waals surface area contributed by atoms with Gasteiger partial charge in [0.05, 0.1) is 0 Å². The van der Waals surface area contributed by atoms with E-state index in [0.29, 0.717) is 31.7 Å². The predicted octanol–water partition coefficient (Wildman–Crippen LogP) is 4.27. The Morgan fingerprint density at radius 1 is 1.07 bits per heavy atom. The summed E-state index contributed by atoms with van der Waals surface area (Å²) in [7, 11) is 0. The molecule has 1 amide bonds. The summed E-state index contributed by atoms with van der Waals surface area (Å²) in [5.41, 5.74) is -3.08. The van der Waals surface area contributed by atoms with Crippen LogP contribution in [0.25, 0.3) is 10.3 Å². The lowest BCUT2D eigenvalue weighted by Gasteiger charge is -2.34. The lowest BCUT2D eigenvalue weighted by Crippen LogP contribution is -2.48. The van der Waals surface area contributed by atoms with Crippen molar-refractivity contribution in [2.45, 2.75) is 10.4 Å². The van der Waals surface area contributed by atoms with Gasteiger partial charge in [0.25, 0.3) is 5.91 Å². The van der Waals surface area contributed by atoms with Crippen LogP contribution in [0.3, 0.4) is 0 Å². The van der Waals surface area contributed by atoms with E-state index in [0.717, 1.165) is 15.5 Å². The molecule has 146 valence electrons. The van der Waals surface area contributed by atoms with Gasteiger partial charge >= 0.3 is 5.51 Å². The van der Waals surface area contributed by atoms with Crippen molar-refractivity contribution in [1.29, 1.82) is 0 Å². The molecular weight excluding hydrogens is 409 g/mol. The van der Waals surface area contributed by atoms with Gasteiger partial charge in [-0.15, -0.1) is 0 Å². The minimum Gasteiger partial charge on any atom is -0.344 e. The molecule has 1 aliphatic rings. The first-order chi connectivity index (χ1) is 13.4. The van der Waals surface area contributed by atoms with Gasteiger partial charge in [-0.3, -0.25) is 4.79 Å². The average Bonchev–Trinajstić information content (AvgIpc) is 3.11. The number of anilines is 1. The summed E-state index contributed by atoms with van der Waals surface area (Å²) in [6.45, 7) is 2.35. The number of hydrogen-bond acceptors (Lipinski definition) is 6. The number of rotatable bonds is 3. The Morgan fingerprint density at radius 3 is 2.43 bits per heavy atom. The van der Waals surface area contributed by atoms with Gasteiger partial charge in [-0.2, -0.15) is 13.2 Å². The average molecular weight is 424 g/mol. The zero-order valence-corrected chi connectivity index (χ0v) is 16.2. The minimum atomic E-state index is -4.34. The highest BCUT2D eigenvalue weighted by molar-refractivity contribution is 8.00. The molecule has 0 atom stereocenters. The predicted molar refractivity (Wildman–Crippen MR) is 104 cm³/mol. The number of halogens is 3.